The van der Waals surface area contributed by atoms with Crippen LogP contribution in [0, 0.1) is 0 Å². The number of thiophene rings is 1. The predicted molar refractivity (Wildman–Crippen MR) is 120 cm³/mol. The number of β-amino-alcohol motifs (C(OH)–C–C–N with tert-alkyl or cyclic N) is 1. The second-order valence-electron chi connectivity index (χ2n) is 7.53. The molecule has 1 aliphatic heterocycles. The molecule has 6 heteroatoms. The van der Waals surface area contributed by atoms with E-state index < -0.39 is 6.10 Å². The minimum atomic E-state index is -0.605. The van der Waals surface area contributed by atoms with Gasteiger partial charge in [-0.2, -0.15) is 0 Å². The molecule has 2 atom stereocenters. The highest BCUT2D eigenvalue weighted by Crippen LogP contribution is 2.37. The van der Waals surface area contributed by atoms with Crippen LogP contribution in [0.2, 0.25) is 0 Å². The highest BCUT2D eigenvalue weighted by Gasteiger charge is 2.30. The van der Waals surface area contributed by atoms with Gasteiger partial charge in [0, 0.05) is 30.6 Å². The quantitative estimate of drug-likeness (QED) is 0.602. The number of anilines is 1. The van der Waals surface area contributed by atoms with Crippen molar-refractivity contribution in [1.29, 1.82) is 0 Å². The summed E-state index contributed by atoms with van der Waals surface area (Å²) in [7, 11) is 0. The van der Waals surface area contributed by atoms with E-state index in [-0.39, 0.29) is 18.6 Å². The lowest BCUT2D eigenvalue weighted by Gasteiger charge is -2.37. The van der Waals surface area contributed by atoms with Crippen LogP contribution in [0.5, 0.6) is 5.75 Å². The van der Waals surface area contributed by atoms with E-state index in [2.05, 4.69) is 45.9 Å². The third-order valence-electron chi connectivity index (χ3n) is 5.24. The molecule has 30 heavy (non-hydrogen) atoms. The van der Waals surface area contributed by atoms with Gasteiger partial charge in [0.2, 0.25) is 5.91 Å². The summed E-state index contributed by atoms with van der Waals surface area (Å²) in [6, 6.07) is 20.0. The molecule has 1 aliphatic rings. The normalized spacial score (nSPS) is 17.2. The van der Waals surface area contributed by atoms with Crippen molar-refractivity contribution >= 4 is 22.9 Å². The van der Waals surface area contributed by atoms with Crippen molar-refractivity contribution < 1.29 is 14.6 Å². The molecule has 0 fully saturated rings. The summed E-state index contributed by atoms with van der Waals surface area (Å²) < 4.78 is 5.78. The highest BCUT2D eigenvalue weighted by molar-refractivity contribution is 7.10. The van der Waals surface area contributed by atoms with Crippen LogP contribution in [-0.4, -0.2) is 41.7 Å². The van der Waals surface area contributed by atoms with Gasteiger partial charge in [0.1, 0.15) is 18.5 Å². The zero-order valence-electron chi connectivity index (χ0n) is 17.0. The Hall–Kier alpha value is -2.67. The zero-order valence-corrected chi connectivity index (χ0v) is 17.8. The van der Waals surface area contributed by atoms with Crippen molar-refractivity contribution in [2.24, 2.45) is 0 Å². The Bertz CT molecular complexity index is 972. The summed E-state index contributed by atoms with van der Waals surface area (Å²) in [5.74, 6) is 0.559. The van der Waals surface area contributed by atoms with E-state index in [0.717, 1.165) is 18.7 Å². The number of hydrogen-bond acceptors (Lipinski definition) is 5. The summed E-state index contributed by atoms with van der Waals surface area (Å²) in [6.45, 7) is 3.14. The van der Waals surface area contributed by atoms with Gasteiger partial charge in [-0.15, -0.1) is 11.3 Å². The van der Waals surface area contributed by atoms with Crippen molar-refractivity contribution in [1.82, 2.24) is 4.90 Å². The molecule has 5 nitrogen and oxygen atoms in total. The summed E-state index contributed by atoms with van der Waals surface area (Å²) in [4.78, 5) is 14.9. The maximum atomic E-state index is 11.1. The average Bonchev–Trinajstić information content (AvgIpc) is 3.22. The molecule has 0 aliphatic carbocycles. The van der Waals surface area contributed by atoms with E-state index in [0.29, 0.717) is 12.3 Å². The van der Waals surface area contributed by atoms with Crippen LogP contribution in [0.3, 0.4) is 0 Å². The SMILES string of the molecule is CC(=O)Nc1ccc(OCC(O)CN2CCc3sccc3C2c2ccccc2)cc1. The Morgan fingerprint density at radius 1 is 1.20 bits per heavy atom. The van der Waals surface area contributed by atoms with Gasteiger partial charge in [-0.3, -0.25) is 9.69 Å². The van der Waals surface area contributed by atoms with Crippen LogP contribution >= 0.6 is 11.3 Å². The van der Waals surface area contributed by atoms with Gasteiger partial charge in [-0.25, -0.2) is 0 Å². The number of rotatable bonds is 7. The number of hydrogen-bond donors (Lipinski definition) is 2. The second kappa shape index (κ2) is 9.43. The fraction of sp³-hybridized carbons (Fsp3) is 0.292. The fourth-order valence-corrected chi connectivity index (χ4v) is 4.85. The van der Waals surface area contributed by atoms with Crippen molar-refractivity contribution in [2.45, 2.75) is 25.5 Å². The van der Waals surface area contributed by atoms with E-state index in [9.17, 15) is 9.90 Å². The topological polar surface area (TPSA) is 61.8 Å². The molecular formula is C24H26N2O3S. The molecule has 1 aromatic heterocycles. The number of carbonyl (C=O) groups is 1. The molecule has 2 heterocycles. The molecule has 2 N–H and O–H groups in total. The fourth-order valence-electron chi connectivity index (χ4n) is 3.94. The molecule has 1 amide bonds. The van der Waals surface area contributed by atoms with Crippen molar-refractivity contribution in [3.8, 4) is 5.75 Å². The molecule has 0 bridgehead atoms. The van der Waals surface area contributed by atoms with Crippen molar-refractivity contribution in [2.75, 3.05) is 25.0 Å². The van der Waals surface area contributed by atoms with Gasteiger partial charge < -0.3 is 15.2 Å². The smallest absolute Gasteiger partial charge is 0.221 e. The van der Waals surface area contributed by atoms with Crippen LogP contribution < -0.4 is 10.1 Å². The first-order valence-electron chi connectivity index (χ1n) is 10.1. The highest BCUT2D eigenvalue weighted by atomic mass is 32.1. The van der Waals surface area contributed by atoms with Crippen LogP contribution in [-0.2, 0) is 11.2 Å². The third kappa shape index (κ3) is 4.90. The third-order valence-corrected chi connectivity index (χ3v) is 6.24. The van der Waals surface area contributed by atoms with E-state index in [1.54, 1.807) is 24.3 Å². The second-order valence-corrected chi connectivity index (χ2v) is 8.53. The average molecular weight is 423 g/mol. The summed E-state index contributed by atoms with van der Waals surface area (Å²) in [5, 5.41) is 15.6. The monoisotopic (exact) mass is 422 g/mol. The van der Waals surface area contributed by atoms with E-state index in [1.165, 1.54) is 22.9 Å². The number of nitrogens with one attached hydrogen (secondary N) is 1. The first-order chi connectivity index (χ1) is 14.6. The van der Waals surface area contributed by atoms with Crippen LogP contribution in [0.4, 0.5) is 5.69 Å². The maximum Gasteiger partial charge on any atom is 0.221 e. The number of aliphatic hydroxyl groups is 1. The lowest BCUT2D eigenvalue weighted by molar-refractivity contribution is -0.114. The molecule has 0 saturated carbocycles. The van der Waals surface area contributed by atoms with Gasteiger partial charge in [-0.1, -0.05) is 30.3 Å². The number of ether oxygens (including phenoxy) is 1. The molecule has 0 radical (unpaired) electrons. The van der Waals surface area contributed by atoms with Crippen LogP contribution in [0.1, 0.15) is 29.0 Å². The standard InChI is InChI=1S/C24H26N2O3S/c1-17(27)25-19-7-9-21(10-8-19)29-16-20(28)15-26-13-11-23-22(12-14-30-23)24(26)18-5-3-2-4-6-18/h2-10,12,14,20,24,28H,11,13,15-16H2,1H3,(H,25,27). The summed E-state index contributed by atoms with van der Waals surface area (Å²) in [6.07, 6.45) is 0.403. The number of nitrogens with zero attached hydrogens (tertiary/aromatic N) is 1. The Morgan fingerprint density at radius 2 is 1.97 bits per heavy atom. The summed E-state index contributed by atoms with van der Waals surface area (Å²) >= 11 is 1.82. The minimum Gasteiger partial charge on any atom is -0.491 e. The van der Waals surface area contributed by atoms with Gasteiger partial charge in [0.05, 0.1) is 6.04 Å². The molecule has 0 saturated heterocycles. The van der Waals surface area contributed by atoms with E-state index >= 15 is 0 Å². The zero-order chi connectivity index (χ0) is 20.9. The van der Waals surface area contributed by atoms with Crippen LogP contribution in [0.25, 0.3) is 0 Å². The number of aliphatic hydroxyl groups excluding tert-OH is 1. The number of amides is 1. The molecule has 2 unspecified atom stereocenters. The molecule has 4 rings (SSSR count). The van der Waals surface area contributed by atoms with E-state index in [1.807, 2.05) is 17.4 Å². The minimum absolute atomic E-state index is 0.109. The Kier molecular flexibility index (Phi) is 6.47. The largest absolute Gasteiger partial charge is 0.491 e. The number of benzene rings is 2. The molecule has 156 valence electrons. The molecule has 3 aromatic rings. The van der Waals surface area contributed by atoms with E-state index in [4.69, 9.17) is 4.74 Å². The van der Waals surface area contributed by atoms with Crippen molar-refractivity contribution in [3.05, 3.63) is 82.0 Å². The molecular weight excluding hydrogens is 396 g/mol. The first kappa shape index (κ1) is 20.6. The Labute approximate surface area is 180 Å². The lowest BCUT2D eigenvalue weighted by atomic mass is 9.93. The number of carbonyl (C=O) groups excluding carboxylic acids is 1. The first-order valence-corrected chi connectivity index (χ1v) is 11.0. The summed E-state index contributed by atoms with van der Waals surface area (Å²) in [5.41, 5.74) is 3.32. The molecule has 0 spiro atoms. The molecule has 2 aromatic carbocycles. The predicted octanol–water partition coefficient (Wildman–Crippen LogP) is 4.09. The maximum absolute atomic E-state index is 11.1. The van der Waals surface area contributed by atoms with Gasteiger partial charge in [0.15, 0.2) is 0 Å². The lowest BCUT2D eigenvalue weighted by Crippen LogP contribution is -2.42. The number of fused-ring (bicyclic) bond motifs is 1. The van der Waals surface area contributed by atoms with Crippen molar-refractivity contribution in [3.63, 3.8) is 0 Å². The van der Waals surface area contributed by atoms with Gasteiger partial charge >= 0.3 is 0 Å². The van der Waals surface area contributed by atoms with Gasteiger partial charge in [-0.05, 0) is 53.3 Å². The van der Waals surface area contributed by atoms with Crippen LogP contribution in [0.15, 0.2) is 66.0 Å². The van der Waals surface area contributed by atoms with Gasteiger partial charge in [0.25, 0.3) is 0 Å². The Balaban J connectivity index is 1.39. The Morgan fingerprint density at radius 3 is 2.70 bits per heavy atom.